The molecule has 1 amide bonds. The molecule has 144 valence electrons. The lowest BCUT2D eigenvalue weighted by Gasteiger charge is -2.12. The SMILES string of the molecule is C[C@H](OC(=O)c1ccc(-c2ccc([N+](=O)[O-])cc2)o1)C(=O)NCc1ccco1. The summed E-state index contributed by atoms with van der Waals surface area (Å²) in [4.78, 5) is 34.4. The van der Waals surface area contributed by atoms with Crippen LogP contribution in [0.15, 0.2) is 63.6 Å². The molecular weight excluding hydrogens is 368 g/mol. The van der Waals surface area contributed by atoms with Gasteiger partial charge >= 0.3 is 5.97 Å². The highest BCUT2D eigenvalue weighted by Gasteiger charge is 2.21. The van der Waals surface area contributed by atoms with E-state index in [1.54, 1.807) is 18.2 Å². The number of hydrogen-bond acceptors (Lipinski definition) is 7. The number of carbonyl (C=O) groups is 2. The predicted octanol–water partition coefficient (Wildman–Crippen LogP) is 3.31. The lowest BCUT2D eigenvalue weighted by molar-refractivity contribution is -0.384. The first-order valence-corrected chi connectivity index (χ1v) is 8.30. The summed E-state index contributed by atoms with van der Waals surface area (Å²) in [5.41, 5.74) is 0.512. The number of nitrogens with one attached hydrogen (secondary N) is 1. The Kier molecular flexibility index (Phi) is 5.54. The fraction of sp³-hybridized carbons (Fsp3) is 0.158. The highest BCUT2D eigenvalue weighted by atomic mass is 16.6. The Morgan fingerprint density at radius 2 is 1.93 bits per heavy atom. The van der Waals surface area contributed by atoms with Crippen LogP contribution in [0.5, 0.6) is 0 Å². The Bertz CT molecular complexity index is 974. The van der Waals surface area contributed by atoms with Crippen LogP contribution < -0.4 is 5.32 Å². The van der Waals surface area contributed by atoms with Crippen LogP contribution in [0.3, 0.4) is 0 Å². The number of esters is 1. The van der Waals surface area contributed by atoms with Gasteiger partial charge in [0.05, 0.1) is 17.7 Å². The Balaban J connectivity index is 1.58. The zero-order valence-electron chi connectivity index (χ0n) is 14.8. The summed E-state index contributed by atoms with van der Waals surface area (Å²) < 4.78 is 15.6. The van der Waals surface area contributed by atoms with E-state index in [0.29, 0.717) is 17.1 Å². The molecule has 0 saturated heterocycles. The number of non-ortho nitro benzene ring substituents is 1. The van der Waals surface area contributed by atoms with E-state index in [4.69, 9.17) is 13.6 Å². The maximum Gasteiger partial charge on any atom is 0.375 e. The molecule has 2 heterocycles. The average Bonchev–Trinajstić information content (AvgIpc) is 3.38. The average molecular weight is 384 g/mol. The minimum atomic E-state index is -1.03. The van der Waals surface area contributed by atoms with Crippen LogP contribution in [0.4, 0.5) is 5.69 Å². The van der Waals surface area contributed by atoms with Gasteiger partial charge in [0.25, 0.3) is 11.6 Å². The zero-order chi connectivity index (χ0) is 20.1. The molecule has 0 bridgehead atoms. The normalized spacial score (nSPS) is 11.6. The van der Waals surface area contributed by atoms with Crippen molar-refractivity contribution >= 4 is 17.6 Å². The summed E-state index contributed by atoms with van der Waals surface area (Å²) in [5.74, 6) is -0.442. The first-order chi connectivity index (χ1) is 13.4. The third-order valence-electron chi connectivity index (χ3n) is 3.84. The highest BCUT2D eigenvalue weighted by molar-refractivity contribution is 5.90. The van der Waals surface area contributed by atoms with Gasteiger partial charge in [-0.25, -0.2) is 4.79 Å². The van der Waals surface area contributed by atoms with Gasteiger partial charge in [0.1, 0.15) is 11.5 Å². The van der Waals surface area contributed by atoms with Crippen molar-refractivity contribution < 1.29 is 28.1 Å². The highest BCUT2D eigenvalue weighted by Crippen LogP contribution is 2.25. The van der Waals surface area contributed by atoms with Gasteiger partial charge in [0.2, 0.25) is 5.76 Å². The predicted molar refractivity (Wildman–Crippen MR) is 96.2 cm³/mol. The largest absolute Gasteiger partial charge is 0.467 e. The minimum absolute atomic E-state index is 0.0516. The second-order valence-electron chi connectivity index (χ2n) is 5.81. The van der Waals surface area contributed by atoms with Crippen LogP contribution in [0.2, 0.25) is 0 Å². The molecule has 3 aromatic rings. The molecule has 0 spiro atoms. The van der Waals surface area contributed by atoms with E-state index in [9.17, 15) is 19.7 Å². The van der Waals surface area contributed by atoms with Crippen LogP contribution in [-0.4, -0.2) is 22.9 Å². The van der Waals surface area contributed by atoms with Gasteiger partial charge in [0.15, 0.2) is 6.10 Å². The number of rotatable bonds is 7. The molecule has 0 aliphatic rings. The van der Waals surface area contributed by atoms with Crippen LogP contribution in [0, 0.1) is 10.1 Å². The lowest BCUT2D eigenvalue weighted by atomic mass is 10.1. The quantitative estimate of drug-likeness (QED) is 0.376. The molecule has 0 aliphatic heterocycles. The summed E-state index contributed by atoms with van der Waals surface area (Å²) in [6, 6.07) is 12.0. The van der Waals surface area contributed by atoms with Gasteiger partial charge in [-0.2, -0.15) is 0 Å². The zero-order valence-corrected chi connectivity index (χ0v) is 14.8. The van der Waals surface area contributed by atoms with E-state index in [1.807, 2.05) is 0 Å². The van der Waals surface area contributed by atoms with Crippen molar-refractivity contribution in [2.75, 3.05) is 0 Å². The summed E-state index contributed by atoms with van der Waals surface area (Å²) >= 11 is 0. The van der Waals surface area contributed by atoms with Gasteiger partial charge in [-0.05, 0) is 43.3 Å². The second kappa shape index (κ2) is 8.21. The number of carbonyl (C=O) groups excluding carboxylic acids is 2. The maximum atomic E-state index is 12.2. The number of amides is 1. The van der Waals surface area contributed by atoms with Crippen LogP contribution >= 0.6 is 0 Å². The van der Waals surface area contributed by atoms with E-state index in [2.05, 4.69) is 5.32 Å². The molecule has 9 heteroatoms. The van der Waals surface area contributed by atoms with Gasteiger partial charge in [-0.3, -0.25) is 14.9 Å². The molecule has 0 saturated carbocycles. The van der Waals surface area contributed by atoms with Gasteiger partial charge < -0.3 is 18.9 Å². The smallest absolute Gasteiger partial charge is 0.375 e. The van der Waals surface area contributed by atoms with Gasteiger partial charge in [0, 0.05) is 17.7 Å². The van der Waals surface area contributed by atoms with Crippen LogP contribution in [-0.2, 0) is 16.1 Å². The lowest BCUT2D eigenvalue weighted by Crippen LogP contribution is -2.35. The fourth-order valence-electron chi connectivity index (χ4n) is 2.35. The van der Waals surface area contributed by atoms with Crippen molar-refractivity contribution in [3.8, 4) is 11.3 Å². The van der Waals surface area contributed by atoms with Gasteiger partial charge in [-0.15, -0.1) is 0 Å². The molecule has 1 aromatic carbocycles. The van der Waals surface area contributed by atoms with Crippen LogP contribution in [0.25, 0.3) is 11.3 Å². The molecular formula is C19H16N2O7. The molecule has 2 aromatic heterocycles. The van der Waals surface area contributed by atoms with Crippen molar-refractivity contribution in [2.45, 2.75) is 19.6 Å². The van der Waals surface area contributed by atoms with Crippen molar-refractivity contribution in [3.63, 3.8) is 0 Å². The van der Waals surface area contributed by atoms with Crippen molar-refractivity contribution in [3.05, 3.63) is 76.4 Å². The Hall–Kier alpha value is -3.88. The molecule has 28 heavy (non-hydrogen) atoms. The van der Waals surface area contributed by atoms with E-state index < -0.39 is 22.9 Å². The summed E-state index contributed by atoms with van der Waals surface area (Å²) in [5, 5.41) is 13.3. The minimum Gasteiger partial charge on any atom is -0.467 e. The van der Waals surface area contributed by atoms with Crippen molar-refractivity contribution in [1.82, 2.24) is 5.32 Å². The van der Waals surface area contributed by atoms with E-state index in [0.717, 1.165) is 0 Å². The molecule has 1 N–H and O–H groups in total. The monoisotopic (exact) mass is 384 g/mol. The molecule has 0 aliphatic carbocycles. The number of benzene rings is 1. The van der Waals surface area contributed by atoms with Crippen molar-refractivity contribution in [2.24, 2.45) is 0 Å². The number of nitro benzene ring substituents is 1. The summed E-state index contributed by atoms with van der Waals surface area (Å²) in [6.45, 7) is 1.62. The Morgan fingerprint density at radius 3 is 2.57 bits per heavy atom. The number of nitrogens with zero attached hydrogens (tertiary/aromatic N) is 1. The first kappa shape index (κ1) is 18.9. The van der Waals surface area contributed by atoms with E-state index in [1.165, 1.54) is 43.5 Å². The molecule has 9 nitrogen and oxygen atoms in total. The van der Waals surface area contributed by atoms with Gasteiger partial charge in [-0.1, -0.05) is 0 Å². The molecule has 3 rings (SSSR count). The third kappa shape index (κ3) is 4.44. The Morgan fingerprint density at radius 1 is 1.18 bits per heavy atom. The standard InChI is InChI=1S/C19H16N2O7/c1-12(18(22)20-11-15-3-2-10-26-15)27-19(23)17-9-8-16(28-17)13-4-6-14(7-5-13)21(24)25/h2-10,12H,11H2,1H3,(H,20,22)/t12-/m0/s1. The molecule has 0 radical (unpaired) electrons. The topological polar surface area (TPSA) is 125 Å². The molecule has 0 fully saturated rings. The molecule has 0 unspecified atom stereocenters. The number of furan rings is 2. The fourth-order valence-corrected chi connectivity index (χ4v) is 2.35. The van der Waals surface area contributed by atoms with Crippen molar-refractivity contribution in [1.29, 1.82) is 0 Å². The number of hydrogen-bond donors (Lipinski definition) is 1. The van der Waals surface area contributed by atoms with E-state index >= 15 is 0 Å². The number of ether oxygens (including phenoxy) is 1. The third-order valence-corrected chi connectivity index (χ3v) is 3.84. The Labute approximate surface area is 159 Å². The van der Waals surface area contributed by atoms with E-state index in [-0.39, 0.29) is 18.0 Å². The van der Waals surface area contributed by atoms with Crippen LogP contribution in [0.1, 0.15) is 23.2 Å². The first-order valence-electron chi connectivity index (χ1n) is 8.30. The summed E-state index contributed by atoms with van der Waals surface area (Å²) in [6.07, 6.45) is 0.458. The maximum absolute atomic E-state index is 12.2. The number of nitro groups is 1. The summed E-state index contributed by atoms with van der Waals surface area (Å²) in [7, 11) is 0. The molecule has 1 atom stereocenters. The second-order valence-corrected chi connectivity index (χ2v) is 5.81.